The number of nitrogens with two attached hydrogens (primary N) is 1. The topological polar surface area (TPSA) is 95.0 Å². The highest BCUT2D eigenvalue weighted by atomic mass is 35.5. The van der Waals surface area contributed by atoms with Gasteiger partial charge in [0.1, 0.15) is 5.82 Å². The molecule has 0 unspecified atom stereocenters. The number of anilines is 1. The Hall–Kier alpha value is -1.27. The molecule has 4 N–H and O–H groups in total. The molecule has 7 heteroatoms. The minimum absolute atomic E-state index is 0. The third-order valence-electron chi connectivity index (χ3n) is 2.31. The number of rotatable bonds is 1. The molecule has 84 valence electrons. The van der Waals surface area contributed by atoms with Gasteiger partial charge in [0.05, 0.1) is 0 Å². The summed E-state index contributed by atoms with van der Waals surface area (Å²) in [7, 11) is 0. The highest BCUT2D eigenvalue weighted by Crippen LogP contribution is 2.13. The van der Waals surface area contributed by atoms with Crippen molar-refractivity contribution in [3.8, 4) is 0 Å². The second kappa shape index (κ2) is 4.50. The lowest BCUT2D eigenvalue weighted by atomic mass is 10.3. The third-order valence-corrected chi connectivity index (χ3v) is 2.31. The lowest BCUT2D eigenvalue weighted by molar-refractivity contribution is 0.751. The molecule has 1 aliphatic heterocycles. The maximum atomic E-state index is 11.0. The number of halogens is 1. The van der Waals surface area contributed by atoms with E-state index in [4.69, 9.17) is 5.73 Å². The van der Waals surface area contributed by atoms with E-state index in [0.29, 0.717) is 12.4 Å². The summed E-state index contributed by atoms with van der Waals surface area (Å²) in [5.41, 5.74) is 4.86. The van der Waals surface area contributed by atoms with Gasteiger partial charge in [-0.15, -0.1) is 12.4 Å². The molecule has 0 aliphatic carbocycles. The number of aromatic nitrogens is 2. The maximum Gasteiger partial charge on any atom is 0.327 e. The summed E-state index contributed by atoms with van der Waals surface area (Å²) in [6.45, 7) is 1.46. The van der Waals surface area contributed by atoms with Crippen molar-refractivity contribution >= 4 is 18.2 Å². The SMILES string of the molecule is Cl.N[C@H]1CCN(c2cc(=O)[nH]c(=O)[nH]2)C1. The summed E-state index contributed by atoms with van der Waals surface area (Å²) in [6.07, 6.45) is 0.884. The molecule has 1 saturated heterocycles. The molecule has 1 aliphatic rings. The van der Waals surface area contributed by atoms with Gasteiger partial charge >= 0.3 is 5.69 Å². The summed E-state index contributed by atoms with van der Waals surface area (Å²) in [5, 5.41) is 0. The minimum atomic E-state index is -0.479. The van der Waals surface area contributed by atoms with Gasteiger partial charge in [-0.05, 0) is 6.42 Å². The van der Waals surface area contributed by atoms with Crippen molar-refractivity contribution in [3.05, 3.63) is 26.9 Å². The lowest BCUT2D eigenvalue weighted by Crippen LogP contribution is -2.31. The predicted molar refractivity (Wildman–Crippen MR) is 59.7 cm³/mol. The highest BCUT2D eigenvalue weighted by molar-refractivity contribution is 5.85. The molecule has 1 aromatic heterocycles. The van der Waals surface area contributed by atoms with E-state index in [1.54, 1.807) is 0 Å². The van der Waals surface area contributed by atoms with Crippen molar-refractivity contribution in [1.82, 2.24) is 9.97 Å². The molecule has 2 heterocycles. The molecule has 6 nitrogen and oxygen atoms in total. The van der Waals surface area contributed by atoms with Crippen molar-refractivity contribution in [2.75, 3.05) is 18.0 Å². The van der Waals surface area contributed by atoms with Crippen LogP contribution in [0.25, 0.3) is 0 Å². The molecule has 0 aromatic carbocycles. The van der Waals surface area contributed by atoms with Crippen molar-refractivity contribution in [1.29, 1.82) is 0 Å². The molecule has 0 saturated carbocycles. The van der Waals surface area contributed by atoms with Crippen LogP contribution in [0.5, 0.6) is 0 Å². The number of hydrogen-bond donors (Lipinski definition) is 3. The van der Waals surface area contributed by atoms with Crippen LogP contribution in [-0.2, 0) is 0 Å². The van der Waals surface area contributed by atoms with Gasteiger partial charge in [0, 0.05) is 25.2 Å². The van der Waals surface area contributed by atoms with Gasteiger partial charge in [0.15, 0.2) is 0 Å². The summed E-state index contributed by atoms with van der Waals surface area (Å²) >= 11 is 0. The van der Waals surface area contributed by atoms with Crippen LogP contribution in [-0.4, -0.2) is 29.1 Å². The fraction of sp³-hybridized carbons (Fsp3) is 0.500. The Bertz CT molecular complexity index is 413. The molecule has 0 radical (unpaired) electrons. The highest BCUT2D eigenvalue weighted by Gasteiger charge is 2.19. The van der Waals surface area contributed by atoms with Gasteiger partial charge in [0.2, 0.25) is 0 Å². The van der Waals surface area contributed by atoms with Crippen LogP contribution in [0.4, 0.5) is 5.82 Å². The van der Waals surface area contributed by atoms with Crippen molar-refractivity contribution in [3.63, 3.8) is 0 Å². The summed E-state index contributed by atoms with van der Waals surface area (Å²) < 4.78 is 0. The molecular formula is C8H13ClN4O2. The minimum Gasteiger partial charge on any atom is -0.356 e. The Morgan fingerprint density at radius 2 is 2.13 bits per heavy atom. The van der Waals surface area contributed by atoms with Crippen molar-refractivity contribution in [2.24, 2.45) is 5.73 Å². The Kier molecular flexibility index (Phi) is 3.54. The first-order valence-electron chi connectivity index (χ1n) is 4.49. The van der Waals surface area contributed by atoms with E-state index in [-0.39, 0.29) is 24.0 Å². The Morgan fingerprint density at radius 1 is 1.40 bits per heavy atom. The normalized spacial score (nSPS) is 20.1. The van der Waals surface area contributed by atoms with Crippen LogP contribution >= 0.6 is 12.4 Å². The number of H-pyrrole nitrogens is 2. The monoisotopic (exact) mass is 232 g/mol. The van der Waals surface area contributed by atoms with Gasteiger partial charge in [-0.2, -0.15) is 0 Å². The van der Waals surface area contributed by atoms with E-state index < -0.39 is 5.69 Å². The zero-order valence-electron chi connectivity index (χ0n) is 8.03. The zero-order chi connectivity index (χ0) is 10.1. The number of aromatic amines is 2. The molecule has 1 atom stereocenters. The van der Waals surface area contributed by atoms with Gasteiger partial charge < -0.3 is 10.6 Å². The molecule has 1 fully saturated rings. The molecule has 1 aromatic rings. The molecule has 0 spiro atoms. The van der Waals surface area contributed by atoms with Crippen LogP contribution < -0.4 is 21.9 Å². The molecule has 2 rings (SSSR count). The predicted octanol–water partition coefficient (Wildman–Crippen LogP) is -0.978. The Labute approximate surface area is 91.9 Å². The standard InChI is InChI=1S/C8H12N4O2.ClH/c9-5-1-2-12(4-5)6-3-7(13)11-8(14)10-6;/h3,5H,1-2,4,9H2,(H2,10,11,13,14);1H/t5-;/m0./s1. The largest absolute Gasteiger partial charge is 0.356 e. The first kappa shape index (κ1) is 11.8. The van der Waals surface area contributed by atoms with Crippen LogP contribution in [0.2, 0.25) is 0 Å². The lowest BCUT2D eigenvalue weighted by Gasteiger charge is -2.16. The van der Waals surface area contributed by atoms with E-state index in [1.165, 1.54) is 6.07 Å². The van der Waals surface area contributed by atoms with E-state index in [2.05, 4.69) is 9.97 Å². The summed E-state index contributed by atoms with van der Waals surface area (Å²) in [5.74, 6) is 0.548. The second-order valence-corrected chi connectivity index (χ2v) is 3.47. The van der Waals surface area contributed by atoms with Gasteiger partial charge in [0.25, 0.3) is 5.56 Å². The van der Waals surface area contributed by atoms with Crippen LogP contribution in [0.15, 0.2) is 15.7 Å². The fourth-order valence-corrected chi connectivity index (χ4v) is 1.63. The van der Waals surface area contributed by atoms with E-state index in [0.717, 1.165) is 13.0 Å². The maximum absolute atomic E-state index is 11.0. The first-order chi connectivity index (χ1) is 6.65. The van der Waals surface area contributed by atoms with Crippen LogP contribution in [0.1, 0.15) is 6.42 Å². The number of nitrogens with zero attached hydrogens (tertiary/aromatic N) is 1. The first-order valence-corrected chi connectivity index (χ1v) is 4.49. The van der Waals surface area contributed by atoms with Crippen molar-refractivity contribution < 1.29 is 0 Å². The summed E-state index contributed by atoms with van der Waals surface area (Å²) in [4.78, 5) is 28.6. The third kappa shape index (κ3) is 2.60. The van der Waals surface area contributed by atoms with E-state index >= 15 is 0 Å². The fourth-order valence-electron chi connectivity index (χ4n) is 1.63. The van der Waals surface area contributed by atoms with Crippen molar-refractivity contribution in [2.45, 2.75) is 12.5 Å². The smallest absolute Gasteiger partial charge is 0.327 e. The van der Waals surface area contributed by atoms with Gasteiger partial charge in [-0.1, -0.05) is 0 Å². The number of nitrogens with one attached hydrogen (secondary N) is 2. The summed E-state index contributed by atoms with van der Waals surface area (Å²) in [6, 6.07) is 1.50. The molecule has 0 amide bonds. The molecule has 0 bridgehead atoms. The average molecular weight is 233 g/mol. The van der Waals surface area contributed by atoms with Gasteiger partial charge in [-0.25, -0.2) is 4.79 Å². The average Bonchev–Trinajstić information content (AvgIpc) is 2.50. The molecular weight excluding hydrogens is 220 g/mol. The van der Waals surface area contributed by atoms with E-state index in [1.807, 2.05) is 4.90 Å². The van der Waals surface area contributed by atoms with E-state index in [9.17, 15) is 9.59 Å². The Balaban J connectivity index is 0.00000112. The Morgan fingerprint density at radius 3 is 2.67 bits per heavy atom. The number of hydrogen-bond acceptors (Lipinski definition) is 4. The van der Waals surface area contributed by atoms with Crippen LogP contribution in [0, 0.1) is 0 Å². The zero-order valence-corrected chi connectivity index (χ0v) is 8.84. The molecule has 15 heavy (non-hydrogen) atoms. The quantitative estimate of drug-likeness (QED) is 0.580. The van der Waals surface area contributed by atoms with Gasteiger partial charge in [-0.3, -0.25) is 14.8 Å². The second-order valence-electron chi connectivity index (χ2n) is 3.47. The van der Waals surface area contributed by atoms with Crippen LogP contribution in [0.3, 0.4) is 0 Å².